The molecule has 1 unspecified atom stereocenters. The number of carbonyl (C=O) groups is 2. The van der Waals surface area contributed by atoms with Gasteiger partial charge in [-0.15, -0.1) is 0 Å². The Labute approximate surface area is 138 Å². The van der Waals surface area contributed by atoms with E-state index in [9.17, 15) is 14.4 Å². The van der Waals surface area contributed by atoms with Crippen LogP contribution in [0.1, 0.15) is 12.8 Å². The summed E-state index contributed by atoms with van der Waals surface area (Å²) in [7, 11) is 1.68. The fourth-order valence-corrected chi connectivity index (χ4v) is 3.01. The van der Waals surface area contributed by atoms with E-state index in [2.05, 4.69) is 5.32 Å². The van der Waals surface area contributed by atoms with Crippen molar-refractivity contribution in [2.75, 3.05) is 18.4 Å². The average Bonchev–Trinajstić information content (AvgIpc) is 2.58. The summed E-state index contributed by atoms with van der Waals surface area (Å²) in [5.41, 5.74) is 1.18. The van der Waals surface area contributed by atoms with Crippen LogP contribution < -0.4 is 10.9 Å². The van der Waals surface area contributed by atoms with E-state index in [0.29, 0.717) is 25.1 Å². The molecule has 2 heterocycles. The van der Waals surface area contributed by atoms with Crippen LogP contribution in [0.5, 0.6) is 0 Å². The monoisotopic (exact) mass is 329 g/mol. The highest BCUT2D eigenvalue weighted by atomic mass is 16.4. The van der Waals surface area contributed by atoms with Gasteiger partial charge >= 0.3 is 12.0 Å². The molecule has 1 atom stereocenters. The third kappa shape index (κ3) is 3.10. The standard InChI is InChI=1S/C17H19N3O4/c1-19-14-9-13(6-4-11(14)5-7-15(19)21)18-17(24)20-8-2-3-12(10-20)16(22)23/h4-7,9,12H,2-3,8,10H2,1H3,(H,18,24)(H,22,23). The van der Waals surface area contributed by atoms with Crippen LogP contribution in [0.25, 0.3) is 10.9 Å². The van der Waals surface area contributed by atoms with Gasteiger partial charge in [-0.2, -0.15) is 0 Å². The molecular formula is C17H19N3O4. The zero-order chi connectivity index (χ0) is 17.3. The lowest BCUT2D eigenvalue weighted by Crippen LogP contribution is -2.44. The molecule has 1 saturated heterocycles. The number of amides is 2. The number of rotatable bonds is 2. The molecule has 1 aliphatic heterocycles. The zero-order valence-electron chi connectivity index (χ0n) is 13.4. The molecular weight excluding hydrogens is 310 g/mol. The van der Waals surface area contributed by atoms with Crippen LogP contribution in [0.15, 0.2) is 35.1 Å². The number of benzene rings is 1. The van der Waals surface area contributed by atoms with Gasteiger partial charge in [0.2, 0.25) is 0 Å². The summed E-state index contributed by atoms with van der Waals surface area (Å²) < 4.78 is 1.52. The van der Waals surface area contributed by atoms with E-state index in [1.54, 1.807) is 25.2 Å². The van der Waals surface area contributed by atoms with Gasteiger partial charge in [0.05, 0.1) is 11.4 Å². The summed E-state index contributed by atoms with van der Waals surface area (Å²) in [4.78, 5) is 36.7. The summed E-state index contributed by atoms with van der Waals surface area (Å²) in [6, 6.07) is 8.27. The number of hydrogen-bond acceptors (Lipinski definition) is 3. The Kier molecular flexibility index (Phi) is 4.24. The number of nitrogens with zero attached hydrogens (tertiary/aromatic N) is 2. The Hall–Kier alpha value is -2.83. The SMILES string of the molecule is Cn1c(=O)ccc2ccc(NC(=O)N3CCCC(C(=O)O)C3)cc21. The first-order valence-corrected chi connectivity index (χ1v) is 7.84. The summed E-state index contributed by atoms with van der Waals surface area (Å²) in [5.74, 6) is -1.38. The molecule has 1 fully saturated rings. The maximum absolute atomic E-state index is 12.4. The number of fused-ring (bicyclic) bond motifs is 1. The number of likely N-dealkylation sites (tertiary alicyclic amines) is 1. The maximum Gasteiger partial charge on any atom is 0.321 e. The Morgan fingerprint density at radius 2 is 2.00 bits per heavy atom. The lowest BCUT2D eigenvalue weighted by molar-refractivity contribution is -0.143. The highest BCUT2D eigenvalue weighted by Crippen LogP contribution is 2.20. The normalized spacial score (nSPS) is 17.7. The summed E-state index contributed by atoms with van der Waals surface area (Å²) in [5, 5.41) is 12.8. The van der Waals surface area contributed by atoms with Crippen molar-refractivity contribution in [3.05, 3.63) is 40.7 Å². The Morgan fingerprint density at radius 1 is 1.25 bits per heavy atom. The van der Waals surface area contributed by atoms with E-state index in [0.717, 1.165) is 10.9 Å². The Bertz CT molecular complexity index is 859. The van der Waals surface area contributed by atoms with Crippen molar-refractivity contribution in [3.8, 4) is 0 Å². The van der Waals surface area contributed by atoms with E-state index in [-0.39, 0.29) is 18.1 Å². The van der Waals surface area contributed by atoms with Crippen molar-refractivity contribution < 1.29 is 14.7 Å². The summed E-state index contributed by atoms with van der Waals surface area (Å²) >= 11 is 0. The average molecular weight is 329 g/mol. The fraction of sp³-hybridized carbons (Fsp3) is 0.353. The molecule has 1 aliphatic rings. The number of aryl methyl sites for hydroxylation is 1. The third-order valence-electron chi connectivity index (χ3n) is 4.44. The number of carboxylic acids is 1. The number of nitrogens with one attached hydrogen (secondary N) is 1. The molecule has 2 amide bonds. The van der Waals surface area contributed by atoms with Crippen LogP contribution in [0, 0.1) is 5.92 Å². The Morgan fingerprint density at radius 3 is 2.75 bits per heavy atom. The molecule has 1 aromatic heterocycles. The van der Waals surface area contributed by atoms with Crippen LogP contribution in [0.3, 0.4) is 0 Å². The highest BCUT2D eigenvalue weighted by molar-refractivity contribution is 5.93. The van der Waals surface area contributed by atoms with Crippen molar-refractivity contribution in [1.82, 2.24) is 9.47 Å². The summed E-state index contributed by atoms with van der Waals surface area (Å²) in [6.07, 6.45) is 1.27. The largest absolute Gasteiger partial charge is 0.481 e. The van der Waals surface area contributed by atoms with Crippen LogP contribution in [-0.4, -0.2) is 39.7 Å². The molecule has 0 bridgehead atoms. The smallest absolute Gasteiger partial charge is 0.321 e. The maximum atomic E-state index is 12.4. The van der Waals surface area contributed by atoms with E-state index in [1.807, 2.05) is 6.07 Å². The third-order valence-corrected chi connectivity index (χ3v) is 4.44. The van der Waals surface area contributed by atoms with Gasteiger partial charge in [-0.25, -0.2) is 4.79 Å². The second-order valence-corrected chi connectivity index (χ2v) is 6.06. The van der Waals surface area contributed by atoms with Crippen molar-refractivity contribution in [2.24, 2.45) is 13.0 Å². The number of piperidine rings is 1. The number of anilines is 1. The number of aliphatic carboxylic acids is 1. The topological polar surface area (TPSA) is 91.6 Å². The van der Waals surface area contributed by atoms with E-state index < -0.39 is 11.9 Å². The predicted molar refractivity (Wildman–Crippen MR) is 90.1 cm³/mol. The van der Waals surface area contributed by atoms with Crippen molar-refractivity contribution >= 4 is 28.6 Å². The molecule has 7 nitrogen and oxygen atoms in total. The van der Waals surface area contributed by atoms with Gasteiger partial charge in [0.15, 0.2) is 0 Å². The first-order valence-electron chi connectivity index (χ1n) is 7.84. The van der Waals surface area contributed by atoms with Crippen molar-refractivity contribution in [1.29, 1.82) is 0 Å². The minimum absolute atomic E-state index is 0.119. The van der Waals surface area contributed by atoms with E-state index in [1.165, 1.54) is 15.5 Å². The van der Waals surface area contributed by atoms with Gasteiger partial charge in [-0.05, 0) is 36.4 Å². The highest BCUT2D eigenvalue weighted by Gasteiger charge is 2.28. The molecule has 0 aliphatic carbocycles. The molecule has 3 rings (SSSR count). The van der Waals surface area contributed by atoms with Crippen LogP contribution >= 0.6 is 0 Å². The number of aromatic nitrogens is 1. The van der Waals surface area contributed by atoms with E-state index in [4.69, 9.17) is 5.11 Å². The molecule has 0 saturated carbocycles. The zero-order valence-corrected chi connectivity index (χ0v) is 13.4. The second kappa shape index (κ2) is 6.35. The van der Waals surface area contributed by atoms with Crippen LogP contribution in [0.2, 0.25) is 0 Å². The second-order valence-electron chi connectivity index (χ2n) is 6.06. The van der Waals surface area contributed by atoms with Gasteiger partial charge in [0.25, 0.3) is 5.56 Å². The molecule has 24 heavy (non-hydrogen) atoms. The van der Waals surface area contributed by atoms with Crippen molar-refractivity contribution in [3.63, 3.8) is 0 Å². The number of hydrogen-bond donors (Lipinski definition) is 2. The lowest BCUT2D eigenvalue weighted by Gasteiger charge is -2.30. The van der Waals surface area contributed by atoms with Gasteiger partial charge < -0.3 is 19.9 Å². The molecule has 2 N–H and O–H groups in total. The molecule has 1 aromatic carbocycles. The molecule has 126 valence electrons. The lowest BCUT2D eigenvalue weighted by atomic mass is 9.99. The van der Waals surface area contributed by atoms with Crippen LogP contribution in [-0.2, 0) is 11.8 Å². The molecule has 0 spiro atoms. The van der Waals surface area contributed by atoms with Gasteiger partial charge in [0.1, 0.15) is 0 Å². The van der Waals surface area contributed by atoms with Gasteiger partial charge in [-0.1, -0.05) is 6.07 Å². The number of urea groups is 1. The number of pyridine rings is 1. The molecule has 7 heteroatoms. The minimum atomic E-state index is -0.867. The predicted octanol–water partition coefficient (Wildman–Crippen LogP) is 1.87. The van der Waals surface area contributed by atoms with Gasteiger partial charge in [0, 0.05) is 31.9 Å². The quantitative estimate of drug-likeness (QED) is 0.880. The van der Waals surface area contributed by atoms with Gasteiger partial charge in [-0.3, -0.25) is 9.59 Å². The molecule has 2 aromatic rings. The first kappa shape index (κ1) is 16.0. The Balaban J connectivity index is 1.79. The van der Waals surface area contributed by atoms with E-state index >= 15 is 0 Å². The molecule has 0 radical (unpaired) electrons. The van der Waals surface area contributed by atoms with Crippen LogP contribution in [0.4, 0.5) is 10.5 Å². The van der Waals surface area contributed by atoms with Crippen molar-refractivity contribution in [2.45, 2.75) is 12.8 Å². The minimum Gasteiger partial charge on any atom is -0.481 e. The fourth-order valence-electron chi connectivity index (χ4n) is 3.01. The number of carboxylic acid groups (broad SMARTS) is 1. The number of carbonyl (C=O) groups excluding carboxylic acids is 1. The first-order chi connectivity index (χ1) is 11.5. The summed E-state index contributed by atoms with van der Waals surface area (Å²) in [6.45, 7) is 0.759.